The van der Waals surface area contributed by atoms with Crippen LogP contribution in [0.4, 0.5) is 0 Å². The molecule has 2 aliphatic heterocycles. The molecule has 0 amide bonds. The molecule has 0 aliphatic carbocycles. The third-order valence-electron chi connectivity index (χ3n) is 4.70. The van der Waals surface area contributed by atoms with Gasteiger partial charge >= 0.3 is 0 Å². The average Bonchev–Trinajstić information content (AvgIpc) is 2.54. The van der Waals surface area contributed by atoms with E-state index in [1.54, 1.807) is 14.2 Å². The van der Waals surface area contributed by atoms with Crippen LogP contribution in [-0.2, 0) is 19.5 Å². The quantitative estimate of drug-likeness (QED) is 0.873. The van der Waals surface area contributed by atoms with E-state index >= 15 is 0 Å². The van der Waals surface area contributed by atoms with Gasteiger partial charge in [-0.2, -0.15) is 0 Å². The standard InChI is InChI=1S/C17H27N3O2/c1-12-8-14-15(10-19-12)16(21-2)9-13(17(14)22-3)11-20-6-4-18-5-7-20/h9,12,18-19H,4-8,10-11H2,1-3H3. The molecule has 2 N–H and O–H groups in total. The molecule has 22 heavy (non-hydrogen) atoms. The number of hydrogen-bond donors (Lipinski definition) is 2. The number of methoxy groups -OCH3 is 2. The van der Waals surface area contributed by atoms with Crippen LogP contribution in [0.2, 0.25) is 0 Å². The molecular formula is C17H27N3O2. The molecule has 1 fully saturated rings. The SMILES string of the molecule is COc1cc(CN2CCNCC2)c(OC)c2c1CNC(C)C2. The molecule has 1 aromatic carbocycles. The van der Waals surface area contributed by atoms with Gasteiger partial charge in [0.05, 0.1) is 14.2 Å². The van der Waals surface area contributed by atoms with Gasteiger partial charge < -0.3 is 20.1 Å². The Kier molecular flexibility index (Phi) is 4.86. The van der Waals surface area contributed by atoms with Gasteiger partial charge in [-0.05, 0) is 19.4 Å². The molecule has 5 heteroatoms. The van der Waals surface area contributed by atoms with Gasteiger partial charge in [0.1, 0.15) is 11.5 Å². The van der Waals surface area contributed by atoms with Crippen LogP contribution in [0.5, 0.6) is 11.5 Å². The van der Waals surface area contributed by atoms with Crippen LogP contribution >= 0.6 is 0 Å². The molecule has 1 aromatic rings. The maximum absolute atomic E-state index is 5.81. The fourth-order valence-electron chi connectivity index (χ4n) is 3.52. The van der Waals surface area contributed by atoms with Gasteiger partial charge in [-0.15, -0.1) is 0 Å². The molecule has 0 bridgehead atoms. The highest BCUT2D eigenvalue weighted by Gasteiger charge is 2.25. The van der Waals surface area contributed by atoms with Crippen molar-refractivity contribution in [3.63, 3.8) is 0 Å². The van der Waals surface area contributed by atoms with E-state index < -0.39 is 0 Å². The van der Waals surface area contributed by atoms with Gasteiger partial charge in [0.15, 0.2) is 0 Å². The van der Waals surface area contributed by atoms with Crippen LogP contribution < -0.4 is 20.1 Å². The van der Waals surface area contributed by atoms with E-state index in [1.807, 2.05) is 0 Å². The minimum absolute atomic E-state index is 0.473. The lowest BCUT2D eigenvalue weighted by molar-refractivity contribution is 0.229. The van der Waals surface area contributed by atoms with Crippen molar-refractivity contribution >= 4 is 0 Å². The van der Waals surface area contributed by atoms with E-state index in [9.17, 15) is 0 Å². The van der Waals surface area contributed by atoms with Crippen molar-refractivity contribution in [1.29, 1.82) is 0 Å². The van der Waals surface area contributed by atoms with Gasteiger partial charge in [-0.3, -0.25) is 4.90 Å². The van der Waals surface area contributed by atoms with Crippen molar-refractivity contribution in [2.24, 2.45) is 0 Å². The highest BCUT2D eigenvalue weighted by atomic mass is 16.5. The fourth-order valence-corrected chi connectivity index (χ4v) is 3.52. The minimum atomic E-state index is 0.473. The lowest BCUT2D eigenvalue weighted by Gasteiger charge is -2.31. The molecule has 0 spiro atoms. The zero-order chi connectivity index (χ0) is 15.5. The molecule has 2 aliphatic rings. The first-order chi connectivity index (χ1) is 10.7. The smallest absolute Gasteiger partial charge is 0.127 e. The number of piperazine rings is 1. The highest BCUT2D eigenvalue weighted by Crippen LogP contribution is 2.37. The van der Waals surface area contributed by atoms with Crippen molar-refractivity contribution in [2.75, 3.05) is 40.4 Å². The molecule has 5 nitrogen and oxygen atoms in total. The normalized spacial score (nSPS) is 22.2. The number of hydrogen-bond acceptors (Lipinski definition) is 5. The molecule has 1 atom stereocenters. The first-order valence-corrected chi connectivity index (χ1v) is 8.15. The predicted molar refractivity (Wildman–Crippen MR) is 87.7 cm³/mol. The van der Waals surface area contributed by atoms with E-state index in [0.29, 0.717) is 6.04 Å². The molecule has 0 radical (unpaired) electrons. The maximum Gasteiger partial charge on any atom is 0.127 e. The Morgan fingerprint density at radius 3 is 2.64 bits per heavy atom. The lowest BCUT2D eigenvalue weighted by atomic mass is 9.92. The lowest BCUT2D eigenvalue weighted by Crippen LogP contribution is -2.43. The van der Waals surface area contributed by atoms with Crippen LogP contribution in [0.3, 0.4) is 0 Å². The summed E-state index contributed by atoms with van der Waals surface area (Å²) in [6.07, 6.45) is 0.990. The van der Waals surface area contributed by atoms with Gasteiger partial charge in [0.25, 0.3) is 0 Å². The summed E-state index contributed by atoms with van der Waals surface area (Å²) in [5.74, 6) is 2.04. The van der Waals surface area contributed by atoms with Crippen LogP contribution in [0.25, 0.3) is 0 Å². The zero-order valence-electron chi connectivity index (χ0n) is 13.9. The average molecular weight is 305 g/mol. The molecule has 1 saturated heterocycles. The molecule has 0 aromatic heterocycles. The van der Waals surface area contributed by atoms with Gasteiger partial charge in [-0.25, -0.2) is 0 Å². The number of ether oxygens (including phenoxy) is 2. The first kappa shape index (κ1) is 15.6. The van der Waals surface area contributed by atoms with Crippen molar-refractivity contribution in [3.05, 3.63) is 22.8 Å². The van der Waals surface area contributed by atoms with Crippen LogP contribution in [-0.4, -0.2) is 51.3 Å². The van der Waals surface area contributed by atoms with Crippen molar-refractivity contribution in [2.45, 2.75) is 32.5 Å². The molecular weight excluding hydrogens is 278 g/mol. The van der Waals surface area contributed by atoms with E-state index in [4.69, 9.17) is 9.47 Å². The number of fused-ring (bicyclic) bond motifs is 1. The summed E-state index contributed by atoms with van der Waals surface area (Å²) in [7, 11) is 3.55. The Balaban J connectivity index is 1.95. The topological polar surface area (TPSA) is 45.8 Å². The number of rotatable bonds is 4. The number of nitrogens with zero attached hydrogens (tertiary/aromatic N) is 1. The summed E-state index contributed by atoms with van der Waals surface area (Å²) in [6.45, 7) is 8.29. The van der Waals surface area contributed by atoms with E-state index in [1.165, 1.54) is 16.7 Å². The Morgan fingerprint density at radius 2 is 1.95 bits per heavy atom. The summed E-state index contributed by atoms with van der Waals surface area (Å²) in [4.78, 5) is 2.48. The summed E-state index contributed by atoms with van der Waals surface area (Å²) >= 11 is 0. The number of nitrogens with one attached hydrogen (secondary N) is 2. The summed E-state index contributed by atoms with van der Waals surface area (Å²) < 4.78 is 11.5. The molecule has 1 unspecified atom stereocenters. The van der Waals surface area contributed by atoms with Crippen LogP contribution in [0, 0.1) is 0 Å². The largest absolute Gasteiger partial charge is 0.496 e. The Hall–Kier alpha value is -1.30. The van der Waals surface area contributed by atoms with Gasteiger partial charge in [0.2, 0.25) is 0 Å². The summed E-state index contributed by atoms with van der Waals surface area (Å²) in [6, 6.07) is 2.64. The Labute approximate surface area is 133 Å². The van der Waals surface area contributed by atoms with Crippen LogP contribution in [0.1, 0.15) is 23.6 Å². The van der Waals surface area contributed by atoms with E-state index in [2.05, 4.69) is 28.5 Å². The van der Waals surface area contributed by atoms with E-state index in [-0.39, 0.29) is 0 Å². The zero-order valence-corrected chi connectivity index (χ0v) is 13.9. The van der Waals surface area contributed by atoms with Crippen molar-refractivity contribution < 1.29 is 9.47 Å². The summed E-state index contributed by atoms with van der Waals surface area (Å²) in [5.41, 5.74) is 3.81. The minimum Gasteiger partial charge on any atom is -0.496 e. The monoisotopic (exact) mass is 305 g/mol. The molecule has 0 saturated carbocycles. The van der Waals surface area contributed by atoms with Crippen molar-refractivity contribution in [3.8, 4) is 11.5 Å². The second kappa shape index (κ2) is 6.86. The first-order valence-electron chi connectivity index (χ1n) is 8.15. The Bertz CT molecular complexity index is 527. The van der Waals surface area contributed by atoms with Crippen LogP contribution in [0.15, 0.2) is 6.07 Å². The fraction of sp³-hybridized carbons (Fsp3) is 0.647. The predicted octanol–water partition coefficient (Wildman–Crippen LogP) is 1.14. The molecule has 3 rings (SSSR count). The molecule has 122 valence electrons. The van der Waals surface area contributed by atoms with Gasteiger partial charge in [0, 0.05) is 62.0 Å². The van der Waals surface area contributed by atoms with Gasteiger partial charge in [-0.1, -0.05) is 0 Å². The summed E-state index contributed by atoms with van der Waals surface area (Å²) in [5, 5.41) is 6.91. The molecule has 2 heterocycles. The van der Waals surface area contributed by atoms with E-state index in [0.717, 1.165) is 57.2 Å². The third-order valence-corrected chi connectivity index (χ3v) is 4.70. The maximum atomic E-state index is 5.81. The Morgan fingerprint density at radius 1 is 1.18 bits per heavy atom. The highest BCUT2D eigenvalue weighted by molar-refractivity contribution is 5.55. The second-order valence-corrected chi connectivity index (χ2v) is 6.24. The third kappa shape index (κ3) is 3.07. The number of benzene rings is 1. The van der Waals surface area contributed by atoms with Crippen molar-refractivity contribution in [1.82, 2.24) is 15.5 Å². The second-order valence-electron chi connectivity index (χ2n) is 6.24.